The van der Waals surface area contributed by atoms with Crippen molar-refractivity contribution in [1.82, 2.24) is 4.90 Å². The van der Waals surface area contributed by atoms with Crippen molar-refractivity contribution in [3.8, 4) is 0 Å². The Morgan fingerprint density at radius 1 is 1.23 bits per heavy atom. The summed E-state index contributed by atoms with van der Waals surface area (Å²) in [5.74, 6) is 0.644. The van der Waals surface area contributed by atoms with Gasteiger partial charge in [0.25, 0.3) is 0 Å². The molecule has 0 rings (SSSR count). The maximum atomic E-state index is 6.09. The Kier molecular flexibility index (Phi) is 7.29. The van der Waals surface area contributed by atoms with Gasteiger partial charge in [-0.05, 0) is 25.4 Å². The van der Waals surface area contributed by atoms with E-state index >= 15 is 0 Å². The zero-order chi connectivity index (χ0) is 10.3. The molecule has 0 heterocycles. The first-order valence-electron chi connectivity index (χ1n) is 5.63. The van der Waals surface area contributed by atoms with Gasteiger partial charge in [0, 0.05) is 12.6 Å². The molecule has 0 aliphatic heterocycles. The minimum Gasteiger partial charge on any atom is -0.326 e. The molecule has 0 aliphatic rings. The summed E-state index contributed by atoms with van der Waals surface area (Å²) in [7, 11) is 0. The highest BCUT2D eigenvalue weighted by atomic mass is 15.1. The molecule has 0 fully saturated rings. The molecule has 0 aliphatic carbocycles. The maximum absolute atomic E-state index is 6.09. The lowest BCUT2D eigenvalue weighted by Crippen LogP contribution is -2.41. The van der Waals surface area contributed by atoms with E-state index in [9.17, 15) is 0 Å². The predicted molar refractivity (Wildman–Crippen MR) is 59.8 cm³/mol. The van der Waals surface area contributed by atoms with Gasteiger partial charge in [-0.25, -0.2) is 0 Å². The first kappa shape index (κ1) is 12.9. The van der Waals surface area contributed by atoms with Crippen LogP contribution in [0.15, 0.2) is 0 Å². The number of hydrogen-bond acceptors (Lipinski definition) is 2. The van der Waals surface area contributed by atoms with Gasteiger partial charge in [-0.15, -0.1) is 0 Å². The van der Waals surface area contributed by atoms with Crippen molar-refractivity contribution < 1.29 is 0 Å². The van der Waals surface area contributed by atoms with Gasteiger partial charge < -0.3 is 10.6 Å². The van der Waals surface area contributed by atoms with Gasteiger partial charge in [0.05, 0.1) is 0 Å². The second-order valence-electron chi connectivity index (χ2n) is 3.94. The van der Waals surface area contributed by atoms with Crippen LogP contribution in [0.3, 0.4) is 0 Å². The first-order valence-corrected chi connectivity index (χ1v) is 5.63. The lowest BCUT2D eigenvalue weighted by molar-refractivity contribution is 0.242. The molecule has 0 bridgehead atoms. The topological polar surface area (TPSA) is 29.3 Å². The average Bonchev–Trinajstić information content (AvgIpc) is 2.15. The maximum Gasteiger partial charge on any atom is 0.0193 e. The first-order chi connectivity index (χ1) is 6.15. The summed E-state index contributed by atoms with van der Waals surface area (Å²) in [6, 6.07) is 0.344. The van der Waals surface area contributed by atoms with Crippen LogP contribution in [0.5, 0.6) is 0 Å². The molecular formula is C11H26N2. The van der Waals surface area contributed by atoms with Crippen LogP contribution in [0.25, 0.3) is 0 Å². The second-order valence-corrected chi connectivity index (χ2v) is 3.94. The van der Waals surface area contributed by atoms with E-state index in [0.29, 0.717) is 12.0 Å². The molecule has 2 nitrogen and oxygen atoms in total. The fraction of sp³-hybridized carbons (Fsp3) is 1.00. The van der Waals surface area contributed by atoms with Crippen molar-refractivity contribution >= 4 is 0 Å². The van der Waals surface area contributed by atoms with E-state index in [1.165, 1.54) is 19.4 Å². The molecule has 2 heteroatoms. The van der Waals surface area contributed by atoms with Gasteiger partial charge in [0.2, 0.25) is 0 Å². The highest BCUT2D eigenvalue weighted by Gasteiger charge is 2.13. The van der Waals surface area contributed by atoms with Gasteiger partial charge in [0.15, 0.2) is 0 Å². The summed E-state index contributed by atoms with van der Waals surface area (Å²) in [6.07, 6.45) is 2.41. The number of nitrogens with zero attached hydrogens (tertiary/aromatic N) is 1. The van der Waals surface area contributed by atoms with E-state index in [4.69, 9.17) is 5.73 Å². The minimum absolute atomic E-state index is 0.344. The van der Waals surface area contributed by atoms with Crippen molar-refractivity contribution in [1.29, 1.82) is 0 Å². The van der Waals surface area contributed by atoms with Gasteiger partial charge in [-0.2, -0.15) is 0 Å². The van der Waals surface area contributed by atoms with Gasteiger partial charge >= 0.3 is 0 Å². The molecule has 0 saturated heterocycles. The fourth-order valence-electron chi connectivity index (χ4n) is 1.48. The Bertz CT molecular complexity index is 115. The lowest BCUT2D eigenvalue weighted by Gasteiger charge is -2.26. The Morgan fingerprint density at radius 3 is 2.23 bits per heavy atom. The summed E-state index contributed by atoms with van der Waals surface area (Å²) in [6.45, 7) is 12.2. The van der Waals surface area contributed by atoms with Crippen LogP contribution in [-0.2, 0) is 0 Å². The van der Waals surface area contributed by atoms with Crippen molar-refractivity contribution in [3.05, 3.63) is 0 Å². The Hall–Kier alpha value is -0.0800. The van der Waals surface area contributed by atoms with Crippen LogP contribution in [0.2, 0.25) is 0 Å². The fourth-order valence-corrected chi connectivity index (χ4v) is 1.48. The molecule has 0 saturated carbocycles. The normalized spacial score (nSPS) is 16.2. The monoisotopic (exact) mass is 186 g/mol. The SMILES string of the molecule is CCCN(CC)CC(N)C(C)CC. The van der Waals surface area contributed by atoms with Crippen LogP contribution in [0.4, 0.5) is 0 Å². The van der Waals surface area contributed by atoms with E-state index in [1.807, 2.05) is 0 Å². The van der Waals surface area contributed by atoms with E-state index in [2.05, 4.69) is 32.6 Å². The molecule has 2 N–H and O–H groups in total. The second kappa shape index (κ2) is 7.34. The largest absolute Gasteiger partial charge is 0.326 e. The third-order valence-electron chi connectivity index (χ3n) is 2.83. The summed E-state index contributed by atoms with van der Waals surface area (Å²) in [5, 5.41) is 0. The molecule has 2 unspecified atom stereocenters. The van der Waals surface area contributed by atoms with Crippen LogP contribution in [-0.4, -0.2) is 30.6 Å². The third-order valence-corrected chi connectivity index (χ3v) is 2.83. The summed E-state index contributed by atoms with van der Waals surface area (Å²) in [4.78, 5) is 2.44. The lowest BCUT2D eigenvalue weighted by atomic mass is 9.99. The van der Waals surface area contributed by atoms with Gasteiger partial charge in [0.1, 0.15) is 0 Å². The average molecular weight is 186 g/mol. The Morgan fingerprint density at radius 2 is 1.85 bits per heavy atom. The van der Waals surface area contributed by atoms with E-state index < -0.39 is 0 Å². The summed E-state index contributed by atoms with van der Waals surface area (Å²) >= 11 is 0. The van der Waals surface area contributed by atoms with Gasteiger partial charge in [-0.1, -0.05) is 34.1 Å². The molecule has 0 aromatic carbocycles. The van der Waals surface area contributed by atoms with E-state index in [-0.39, 0.29) is 0 Å². The van der Waals surface area contributed by atoms with E-state index in [1.54, 1.807) is 0 Å². The molecule has 0 radical (unpaired) electrons. The highest BCUT2D eigenvalue weighted by molar-refractivity contribution is 4.72. The minimum atomic E-state index is 0.344. The third kappa shape index (κ3) is 5.27. The summed E-state index contributed by atoms with van der Waals surface area (Å²) in [5.41, 5.74) is 6.09. The number of rotatable bonds is 7. The van der Waals surface area contributed by atoms with Crippen molar-refractivity contribution in [2.45, 2.75) is 46.6 Å². The van der Waals surface area contributed by atoms with Crippen LogP contribution >= 0.6 is 0 Å². The summed E-state index contributed by atoms with van der Waals surface area (Å²) < 4.78 is 0. The molecule has 0 spiro atoms. The zero-order valence-electron chi connectivity index (χ0n) is 9.71. The van der Waals surface area contributed by atoms with Crippen molar-refractivity contribution in [2.24, 2.45) is 11.7 Å². The number of hydrogen-bond donors (Lipinski definition) is 1. The standard InChI is InChI=1S/C11H26N2/c1-5-8-13(7-3)9-11(12)10(4)6-2/h10-11H,5-9,12H2,1-4H3. The molecule has 2 atom stereocenters. The molecule has 13 heavy (non-hydrogen) atoms. The quantitative estimate of drug-likeness (QED) is 0.659. The smallest absolute Gasteiger partial charge is 0.0193 e. The molecule has 0 amide bonds. The Labute approximate surface area is 83.5 Å². The molecule has 0 aromatic rings. The van der Waals surface area contributed by atoms with Crippen LogP contribution in [0.1, 0.15) is 40.5 Å². The van der Waals surface area contributed by atoms with Crippen molar-refractivity contribution in [2.75, 3.05) is 19.6 Å². The molecule has 0 aromatic heterocycles. The zero-order valence-corrected chi connectivity index (χ0v) is 9.71. The van der Waals surface area contributed by atoms with Crippen molar-refractivity contribution in [3.63, 3.8) is 0 Å². The number of nitrogens with two attached hydrogens (primary N) is 1. The number of likely N-dealkylation sites (N-methyl/N-ethyl adjacent to an activating group) is 1. The Balaban J connectivity index is 3.78. The predicted octanol–water partition coefficient (Wildman–Crippen LogP) is 2.09. The van der Waals surface area contributed by atoms with Crippen LogP contribution in [0, 0.1) is 5.92 Å². The van der Waals surface area contributed by atoms with Crippen LogP contribution < -0.4 is 5.73 Å². The molecule has 80 valence electrons. The molecular weight excluding hydrogens is 160 g/mol. The highest BCUT2D eigenvalue weighted by Crippen LogP contribution is 2.07. The van der Waals surface area contributed by atoms with E-state index in [0.717, 1.165) is 13.1 Å². The van der Waals surface area contributed by atoms with Gasteiger partial charge in [-0.3, -0.25) is 0 Å².